The highest BCUT2D eigenvalue weighted by Gasteiger charge is 1.68. The van der Waals surface area contributed by atoms with Gasteiger partial charge in [-0.25, -0.2) is 0 Å². The molecule has 44 valence electrons. The average Bonchev–Trinajstić information content (AvgIpc) is 1.69. The van der Waals surface area contributed by atoms with Crippen LogP contribution in [0.2, 0.25) is 0 Å². The first kappa shape index (κ1) is 6.72. The Balaban J connectivity index is 2.45. The normalized spacial score (nSPS) is 9.43. The van der Waals surface area contributed by atoms with E-state index in [4.69, 9.17) is 11.7 Å². The lowest BCUT2D eigenvalue weighted by Gasteiger charge is -2.02. The Morgan fingerprint density at radius 3 is 1.43 bits per heavy atom. The third-order valence-corrected chi connectivity index (χ3v) is 0.269. The van der Waals surface area contributed by atoms with Gasteiger partial charge in [-0.2, -0.15) is 27.7 Å². The Morgan fingerprint density at radius 2 is 1.14 bits per heavy atom. The van der Waals surface area contributed by atoms with Crippen LogP contribution in [0.25, 0.3) is 0 Å². The quantitative estimate of drug-likeness (QED) is 0.113. The molecule has 0 aliphatic carbocycles. The van der Waals surface area contributed by atoms with Gasteiger partial charge in [0.15, 0.2) is 0 Å². The molecule has 0 amide bonds. The second kappa shape index (κ2) is 5.72. The Hall–Kier alpha value is -0.280. The van der Waals surface area contributed by atoms with E-state index < -0.39 is 0 Å². The number of hydrogen-bond donors (Lipinski definition) is 7. The molecular formula is H9N7. The summed E-state index contributed by atoms with van der Waals surface area (Å²) in [5.74, 6) is 9.47. The Morgan fingerprint density at radius 1 is 0.714 bits per heavy atom. The molecule has 0 aliphatic heterocycles. The van der Waals surface area contributed by atoms with Crippen molar-refractivity contribution in [2.24, 2.45) is 11.7 Å². The van der Waals surface area contributed by atoms with Crippen LogP contribution in [0.4, 0.5) is 0 Å². The SMILES string of the molecule is NNNNNNN. The maximum Gasteiger partial charge on any atom is -0.164 e. The van der Waals surface area contributed by atoms with Gasteiger partial charge >= 0.3 is 0 Å². The summed E-state index contributed by atoms with van der Waals surface area (Å²) in [6.07, 6.45) is 0. The van der Waals surface area contributed by atoms with Gasteiger partial charge in [0, 0.05) is 0 Å². The molecule has 0 aromatic rings. The van der Waals surface area contributed by atoms with Crippen molar-refractivity contribution in [2.45, 2.75) is 0 Å². The van der Waals surface area contributed by atoms with E-state index in [0.717, 1.165) is 0 Å². The van der Waals surface area contributed by atoms with Gasteiger partial charge in [-0.15, -0.1) is 0 Å². The third kappa shape index (κ3) is 5.72. The first-order valence-corrected chi connectivity index (χ1v) is 1.58. The van der Waals surface area contributed by atoms with Gasteiger partial charge in [-0.3, -0.25) is 11.7 Å². The summed E-state index contributed by atoms with van der Waals surface area (Å²) in [4.78, 5) is 0. The molecule has 0 aromatic carbocycles. The fourth-order valence-electron chi connectivity index (χ4n) is 0.103. The molecule has 0 saturated carbocycles. The van der Waals surface area contributed by atoms with Crippen LogP contribution in [0.1, 0.15) is 0 Å². The van der Waals surface area contributed by atoms with Crippen molar-refractivity contribution in [1.29, 1.82) is 0 Å². The van der Waals surface area contributed by atoms with Crippen LogP contribution in [0.3, 0.4) is 0 Å². The van der Waals surface area contributed by atoms with Gasteiger partial charge in [0.1, 0.15) is 0 Å². The monoisotopic (exact) mass is 107 g/mol. The Bertz CT molecular complexity index is 19.2. The van der Waals surface area contributed by atoms with Crippen LogP contribution in [-0.2, 0) is 0 Å². The van der Waals surface area contributed by atoms with E-state index >= 15 is 0 Å². The number of rotatable bonds is 4. The molecule has 9 N–H and O–H groups in total. The molecule has 0 bridgehead atoms. The zero-order chi connectivity index (χ0) is 5.54. The second-order valence-corrected chi connectivity index (χ2v) is 0.664. The summed E-state index contributed by atoms with van der Waals surface area (Å²) < 4.78 is 0. The molecule has 0 atom stereocenters. The van der Waals surface area contributed by atoms with Crippen LogP contribution in [0, 0.1) is 0 Å². The molecular weight excluding hydrogens is 98.0 g/mol. The van der Waals surface area contributed by atoms with Crippen LogP contribution >= 0.6 is 0 Å². The lowest BCUT2D eigenvalue weighted by molar-refractivity contribution is 0.332. The van der Waals surface area contributed by atoms with E-state index in [2.05, 4.69) is 27.7 Å². The van der Waals surface area contributed by atoms with E-state index in [1.54, 1.807) is 0 Å². The summed E-state index contributed by atoms with van der Waals surface area (Å²) in [7, 11) is 0. The molecule has 0 spiro atoms. The fourth-order valence-corrected chi connectivity index (χ4v) is 0.103. The van der Waals surface area contributed by atoms with Crippen LogP contribution in [0.5, 0.6) is 0 Å². The highest BCUT2D eigenvalue weighted by atomic mass is 15.9. The molecule has 0 fully saturated rings. The predicted molar refractivity (Wildman–Crippen MR) is 24.1 cm³/mol. The van der Waals surface area contributed by atoms with E-state index in [-0.39, 0.29) is 0 Å². The molecule has 0 aromatic heterocycles. The van der Waals surface area contributed by atoms with Gasteiger partial charge in [-0.05, 0) is 0 Å². The highest BCUT2D eigenvalue weighted by Crippen LogP contribution is 1.12. The summed E-state index contributed by atoms with van der Waals surface area (Å²) >= 11 is 0. The smallest absolute Gasteiger partial charge is 0.164 e. The van der Waals surface area contributed by atoms with Crippen molar-refractivity contribution in [3.8, 4) is 0 Å². The number of hydrogen-bond acceptors (Lipinski definition) is 7. The minimum atomic E-state index is 2.08. The van der Waals surface area contributed by atoms with E-state index in [0.29, 0.717) is 0 Å². The lowest BCUT2D eigenvalue weighted by Crippen LogP contribution is -2.58. The summed E-state index contributed by atoms with van der Waals surface area (Å²) in [5.41, 5.74) is 11.0. The van der Waals surface area contributed by atoms with Gasteiger partial charge in [0.2, 0.25) is 0 Å². The topological polar surface area (TPSA) is 112 Å². The molecule has 7 heavy (non-hydrogen) atoms. The van der Waals surface area contributed by atoms with E-state index in [9.17, 15) is 0 Å². The Kier molecular flexibility index (Phi) is 5.49. The van der Waals surface area contributed by atoms with Crippen molar-refractivity contribution >= 4 is 0 Å². The predicted octanol–water partition coefficient (Wildman–Crippen LogP) is -3.66. The molecule has 0 saturated heterocycles. The number of nitrogens with two attached hydrogens (primary N) is 2. The molecule has 0 heterocycles. The molecule has 7 heteroatoms. The van der Waals surface area contributed by atoms with Crippen LogP contribution in [0.15, 0.2) is 0 Å². The van der Waals surface area contributed by atoms with E-state index in [1.165, 1.54) is 0 Å². The first-order valence-electron chi connectivity index (χ1n) is 1.58. The summed E-state index contributed by atoms with van der Waals surface area (Å²) in [6, 6.07) is 0. The minimum Gasteiger partial charge on any atom is -0.257 e. The van der Waals surface area contributed by atoms with Gasteiger partial charge in [0.25, 0.3) is 0 Å². The van der Waals surface area contributed by atoms with Crippen molar-refractivity contribution in [2.75, 3.05) is 0 Å². The maximum atomic E-state index is 4.74. The molecule has 0 radical (unpaired) electrons. The second-order valence-electron chi connectivity index (χ2n) is 0.664. The lowest BCUT2D eigenvalue weighted by atomic mass is 12.2. The van der Waals surface area contributed by atoms with Gasteiger partial charge in [0.05, 0.1) is 0 Å². The molecule has 7 nitrogen and oxygen atoms in total. The zero-order valence-corrected chi connectivity index (χ0v) is 3.65. The average molecular weight is 107 g/mol. The van der Waals surface area contributed by atoms with Crippen LogP contribution in [-0.4, -0.2) is 0 Å². The summed E-state index contributed by atoms with van der Waals surface area (Å²) in [6.45, 7) is 0. The van der Waals surface area contributed by atoms with Crippen molar-refractivity contribution in [3.05, 3.63) is 0 Å². The minimum absolute atomic E-state index is 2.08. The van der Waals surface area contributed by atoms with Gasteiger partial charge in [-0.1, -0.05) is 0 Å². The van der Waals surface area contributed by atoms with Crippen molar-refractivity contribution < 1.29 is 0 Å². The fraction of sp³-hybridized carbons (Fsp3) is 0. The third-order valence-electron chi connectivity index (χ3n) is 0.269. The molecule has 0 unspecified atom stereocenters. The van der Waals surface area contributed by atoms with Crippen LogP contribution < -0.4 is 39.4 Å². The van der Waals surface area contributed by atoms with Crippen molar-refractivity contribution in [1.82, 2.24) is 27.7 Å². The maximum absolute atomic E-state index is 4.74. The van der Waals surface area contributed by atoms with Crippen molar-refractivity contribution in [3.63, 3.8) is 0 Å². The number of hydrazine groups is 6. The molecule has 0 aliphatic rings. The standard InChI is InChI=1S/H9N7/c1-3-5-7-6-4-2/h3-7H,1-2H2. The highest BCUT2D eigenvalue weighted by molar-refractivity contribution is 4.03. The van der Waals surface area contributed by atoms with E-state index in [1.807, 2.05) is 0 Å². The first-order chi connectivity index (χ1) is 3.41. The van der Waals surface area contributed by atoms with Gasteiger partial charge < -0.3 is 0 Å². The number of nitrogens with one attached hydrogen (secondary N) is 5. The zero-order valence-electron chi connectivity index (χ0n) is 3.65. The molecule has 0 rings (SSSR count). The largest absolute Gasteiger partial charge is 0.257 e. The summed E-state index contributed by atoms with van der Waals surface area (Å²) in [5, 5.41) is 0. The Labute approximate surface area is 40.6 Å².